The summed E-state index contributed by atoms with van der Waals surface area (Å²) in [6, 6.07) is 7.27. The van der Waals surface area contributed by atoms with Crippen LogP contribution in [0.4, 0.5) is 18.9 Å². The molecule has 3 rings (SSSR count). The molecule has 0 aliphatic carbocycles. The fourth-order valence-electron chi connectivity index (χ4n) is 6.02. The highest BCUT2D eigenvalue weighted by Gasteiger charge is 2.44. The normalized spacial score (nSPS) is 20.7. The van der Waals surface area contributed by atoms with E-state index in [1.807, 2.05) is 52.0 Å². The number of allylic oxidation sites excluding steroid dienone is 2. The Balaban J connectivity index is 0.000000815. The topological polar surface area (TPSA) is 88.0 Å². The van der Waals surface area contributed by atoms with Crippen molar-refractivity contribution < 1.29 is 22.7 Å². The maximum absolute atomic E-state index is 15.4. The van der Waals surface area contributed by atoms with Crippen LogP contribution in [0, 0.1) is 17.8 Å². The van der Waals surface area contributed by atoms with Crippen molar-refractivity contribution in [3.05, 3.63) is 57.6 Å². The molecule has 0 saturated carbocycles. The van der Waals surface area contributed by atoms with Gasteiger partial charge in [-0.1, -0.05) is 78.5 Å². The van der Waals surface area contributed by atoms with Gasteiger partial charge in [0.15, 0.2) is 12.4 Å². The highest BCUT2D eigenvalue weighted by molar-refractivity contribution is 6.32. The molecule has 2 heterocycles. The Morgan fingerprint density at radius 3 is 2.48 bits per heavy atom. The number of aromatic nitrogens is 1. The minimum absolute atomic E-state index is 0.0304. The molecule has 1 aromatic carbocycles. The van der Waals surface area contributed by atoms with Gasteiger partial charge in [0.1, 0.15) is 11.5 Å². The number of ether oxygens (including phenoxy) is 1. The van der Waals surface area contributed by atoms with E-state index >= 15 is 4.39 Å². The zero-order chi connectivity index (χ0) is 39.2. The maximum atomic E-state index is 15.4. The molecule has 8 nitrogen and oxygen atoms in total. The third kappa shape index (κ3) is 12.9. The SMILES string of the molecule is CCC(C)CC(F)(F)CC.CCC/C=C(Nc1ccc2c(c1)cc(OCC(=O)NC)c(=O)n2C)/C(Cl)=C\N=C(C)N1CC(C)C(C)(F)C(CCC)C1. The van der Waals surface area contributed by atoms with Crippen molar-refractivity contribution in [1.82, 2.24) is 14.8 Å². The first-order valence-electron chi connectivity index (χ1n) is 18.6. The number of carbonyl (C=O) groups is 1. The lowest BCUT2D eigenvalue weighted by Crippen LogP contribution is -2.54. The third-order valence-electron chi connectivity index (χ3n) is 10.0. The van der Waals surface area contributed by atoms with E-state index in [1.165, 1.54) is 18.5 Å². The molecule has 292 valence electrons. The number of hydrogen-bond acceptors (Lipinski definition) is 5. The number of aryl methyl sites for hydroxylation is 1. The molecule has 1 aliphatic rings. The Labute approximate surface area is 313 Å². The fourth-order valence-corrected chi connectivity index (χ4v) is 6.19. The number of nitrogens with zero attached hydrogens (tertiary/aromatic N) is 3. The van der Waals surface area contributed by atoms with Crippen molar-refractivity contribution in [2.45, 2.75) is 112 Å². The van der Waals surface area contributed by atoms with E-state index in [1.54, 1.807) is 26.2 Å². The summed E-state index contributed by atoms with van der Waals surface area (Å²) in [5, 5.41) is 7.09. The van der Waals surface area contributed by atoms with Crippen LogP contribution in [0.1, 0.15) is 100 Å². The molecule has 1 saturated heterocycles. The number of rotatable bonds is 15. The number of piperidine rings is 1. The summed E-state index contributed by atoms with van der Waals surface area (Å²) in [7, 11) is 3.18. The van der Waals surface area contributed by atoms with Gasteiger partial charge >= 0.3 is 0 Å². The number of aliphatic imine (C=N–C) groups is 1. The van der Waals surface area contributed by atoms with E-state index in [4.69, 9.17) is 16.3 Å². The minimum Gasteiger partial charge on any atom is -0.478 e. The number of hydrogen-bond donors (Lipinski definition) is 2. The van der Waals surface area contributed by atoms with Gasteiger partial charge in [-0.05, 0) is 56.9 Å². The summed E-state index contributed by atoms with van der Waals surface area (Å²) in [6.45, 7) is 16.2. The Hall–Kier alpha value is -3.47. The number of alkyl halides is 3. The van der Waals surface area contributed by atoms with Crippen LogP contribution in [0.15, 0.2) is 57.1 Å². The van der Waals surface area contributed by atoms with Crippen LogP contribution in [0.25, 0.3) is 10.9 Å². The molecular weight excluding hydrogens is 691 g/mol. The van der Waals surface area contributed by atoms with Gasteiger partial charge < -0.3 is 24.8 Å². The zero-order valence-electron chi connectivity index (χ0n) is 32.8. The number of amidine groups is 1. The second kappa shape index (κ2) is 20.7. The number of carbonyl (C=O) groups excluding carboxylic acids is 1. The number of likely N-dealkylation sites (tertiary alicyclic amines) is 1. The molecule has 4 unspecified atom stereocenters. The first-order chi connectivity index (χ1) is 24.4. The highest BCUT2D eigenvalue weighted by Crippen LogP contribution is 2.38. The van der Waals surface area contributed by atoms with Crippen LogP contribution in [0.3, 0.4) is 0 Å². The summed E-state index contributed by atoms with van der Waals surface area (Å²) in [5.74, 6) is -1.85. The summed E-state index contributed by atoms with van der Waals surface area (Å²) < 4.78 is 47.6. The largest absolute Gasteiger partial charge is 0.478 e. The number of amides is 1. The summed E-state index contributed by atoms with van der Waals surface area (Å²) in [4.78, 5) is 31.2. The first kappa shape index (κ1) is 44.7. The average molecular weight is 752 g/mol. The average Bonchev–Trinajstić information content (AvgIpc) is 3.11. The van der Waals surface area contributed by atoms with Gasteiger partial charge in [-0.2, -0.15) is 0 Å². The predicted molar refractivity (Wildman–Crippen MR) is 210 cm³/mol. The van der Waals surface area contributed by atoms with E-state index < -0.39 is 11.6 Å². The number of nitrogens with one attached hydrogen (secondary N) is 2. The minimum atomic E-state index is -2.44. The molecule has 2 N–H and O–H groups in total. The van der Waals surface area contributed by atoms with Crippen LogP contribution in [-0.4, -0.2) is 59.5 Å². The quantitative estimate of drug-likeness (QED) is 0.108. The summed E-state index contributed by atoms with van der Waals surface area (Å²) in [5.41, 5.74) is 0.684. The molecule has 0 bridgehead atoms. The van der Waals surface area contributed by atoms with E-state index in [9.17, 15) is 18.4 Å². The summed E-state index contributed by atoms with van der Waals surface area (Å²) in [6.07, 6.45) is 8.06. The smallest absolute Gasteiger partial charge is 0.293 e. The summed E-state index contributed by atoms with van der Waals surface area (Å²) >= 11 is 6.78. The van der Waals surface area contributed by atoms with Gasteiger partial charge in [0.2, 0.25) is 5.92 Å². The second-order valence-electron chi connectivity index (χ2n) is 14.2. The number of likely N-dealkylation sites (N-methyl/N-ethyl adjacent to an activating group) is 1. The Kier molecular flexibility index (Phi) is 17.8. The molecule has 1 amide bonds. The molecule has 0 radical (unpaired) electrons. The van der Waals surface area contributed by atoms with E-state index in [2.05, 4.69) is 34.4 Å². The molecular formula is C40H61ClF3N5O3. The van der Waals surface area contributed by atoms with Crippen molar-refractivity contribution in [2.75, 3.05) is 32.1 Å². The standard InChI is InChI=1S/C32H45ClFN5O3.C8H16F2/c1-8-10-12-27(26(33)17-36-22(4)39-18-21(3)32(5,34)24(19-39)11-9-2)37-25-13-14-28-23(15-25)16-29(31(41)38(28)7)42-20-30(40)35-6;1-4-7(3)6-8(9,10)5-2/h12-17,21,24,37H,8-11,18-20H2,1-7H3,(H,35,40);7H,4-6H2,1-3H3/b26-17+,27-12-,36-22?;. The molecule has 52 heavy (non-hydrogen) atoms. The molecule has 0 spiro atoms. The molecule has 2 aromatic rings. The molecule has 12 heteroatoms. The van der Waals surface area contributed by atoms with E-state index in [-0.39, 0.29) is 54.4 Å². The van der Waals surface area contributed by atoms with Gasteiger partial charge in [0.25, 0.3) is 11.5 Å². The van der Waals surface area contributed by atoms with E-state index in [0.29, 0.717) is 23.8 Å². The van der Waals surface area contributed by atoms with Crippen LogP contribution >= 0.6 is 11.6 Å². The van der Waals surface area contributed by atoms with Crippen molar-refractivity contribution >= 4 is 39.9 Å². The third-order valence-corrected chi connectivity index (χ3v) is 10.3. The van der Waals surface area contributed by atoms with Crippen molar-refractivity contribution in [2.24, 2.45) is 29.8 Å². The molecule has 1 aromatic heterocycles. The first-order valence-corrected chi connectivity index (χ1v) is 19.0. The highest BCUT2D eigenvalue weighted by atomic mass is 35.5. The Morgan fingerprint density at radius 2 is 1.88 bits per heavy atom. The van der Waals surface area contributed by atoms with Crippen molar-refractivity contribution in [3.8, 4) is 5.75 Å². The maximum Gasteiger partial charge on any atom is 0.293 e. The zero-order valence-corrected chi connectivity index (χ0v) is 33.6. The lowest BCUT2D eigenvalue weighted by atomic mass is 9.75. The number of halogens is 4. The molecule has 4 atom stereocenters. The van der Waals surface area contributed by atoms with Gasteiger partial charge in [0, 0.05) is 69.1 Å². The number of fused-ring (bicyclic) bond motifs is 1. The monoisotopic (exact) mass is 751 g/mol. The number of anilines is 1. The molecule has 1 fully saturated rings. The van der Waals surface area contributed by atoms with Crippen LogP contribution in [0.2, 0.25) is 0 Å². The van der Waals surface area contributed by atoms with Crippen LogP contribution in [0.5, 0.6) is 5.75 Å². The predicted octanol–water partition coefficient (Wildman–Crippen LogP) is 9.82. The second-order valence-corrected chi connectivity index (χ2v) is 14.6. The lowest BCUT2D eigenvalue weighted by molar-refractivity contribution is -0.122. The lowest BCUT2D eigenvalue weighted by Gasteiger charge is -2.46. The van der Waals surface area contributed by atoms with Crippen LogP contribution in [-0.2, 0) is 11.8 Å². The van der Waals surface area contributed by atoms with Crippen molar-refractivity contribution in [3.63, 3.8) is 0 Å². The molecule has 1 aliphatic heterocycles. The number of pyridine rings is 1. The Morgan fingerprint density at radius 1 is 1.19 bits per heavy atom. The van der Waals surface area contributed by atoms with Crippen LogP contribution < -0.4 is 20.9 Å². The van der Waals surface area contributed by atoms with Gasteiger partial charge in [-0.3, -0.25) is 9.59 Å². The van der Waals surface area contributed by atoms with E-state index in [0.717, 1.165) is 54.5 Å². The van der Waals surface area contributed by atoms with Gasteiger partial charge in [0.05, 0.1) is 16.2 Å². The number of unbranched alkanes of at least 4 members (excludes halogenated alkanes) is 1. The Bertz CT molecular complexity index is 1620. The number of benzene rings is 1. The fraction of sp³-hybridized carbons (Fsp3) is 0.625. The van der Waals surface area contributed by atoms with Crippen molar-refractivity contribution in [1.29, 1.82) is 0 Å². The van der Waals surface area contributed by atoms with Gasteiger partial charge in [-0.15, -0.1) is 0 Å². The van der Waals surface area contributed by atoms with Gasteiger partial charge in [-0.25, -0.2) is 18.2 Å².